The Balaban J connectivity index is 0.000000183. The molecule has 0 unspecified atom stereocenters. The fourth-order valence-electron chi connectivity index (χ4n) is 8.78. The molecule has 4 aliphatic carbocycles. The number of urea groups is 2. The van der Waals surface area contributed by atoms with Crippen LogP contribution < -0.4 is 20.1 Å². The fraction of sp³-hybridized carbons (Fsp3) is 0.450. The minimum atomic E-state index is -4.30. The van der Waals surface area contributed by atoms with Crippen molar-refractivity contribution in [2.75, 3.05) is 23.7 Å². The van der Waals surface area contributed by atoms with E-state index in [1.165, 1.54) is 47.1 Å². The zero-order chi connectivity index (χ0) is 43.1. The summed E-state index contributed by atoms with van der Waals surface area (Å²) in [6.45, 7) is 4.68. The third kappa shape index (κ3) is 8.34. The highest BCUT2D eigenvalue weighted by atomic mass is 32.2. The smallest absolute Gasteiger partial charge is 0.354 e. The molecule has 20 heteroatoms. The molecule has 0 atom stereocenters. The molecule has 0 spiro atoms. The lowest BCUT2D eigenvalue weighted by Gasteiger charge is -2.18. The number of aryl methyl sites for hydroxylation is 6. The number of carbonyl (C=O) groups excluding carboxylic acids is 3. The van der Waals surface area contributed by atoms with Crippen LogP contribution in [0.1, 0.15) is 105 Å². The normalized spacial score (nSPS) is 14.9. The van der Waals surface area contributed by atoms with Gasteiger partial charge in [-0.2, -0.15) is 27.0 Å². The van der Waals surface area contributed by atoms with Gasteiger partial charge in [-0.25, -0.2) is 23.8 Å². The van der Waals surface area contributed by atoms with E-state index in [4.69, 9.17) is 5.11 Å². The first-order valence-electron chi connectivity index (χ1n) is 20.1. The molecule has 8 rings (SSSR count). The van der Waals surface area contributed by atoms with Crippen molar-refractivity contribution in [3.05, 3.63) is 80.2 Å². The van der Waals surface area contributed by atoms with Gasteiger partial charge in [-0.3, -0.25) is 14.2 Å². The molecule has 320 valence electrons. The monoisotopic (exact) mass is 863 g/mol. The summed E-state index contributed by atoms with van der Waals surface area (Å²) in [7, 11) is -5.72. The van der Waals surface area contributed by atoms with Gasteiger partial charge in [0.1, 0.15) is 11.4 Å². The number of amides is 5. The number of fused-ring (bicyclic) bond motifs is 4. The van der Waals surface area contributed by atoms with E-state index in [0.29, 0.717) is 13.1 Å². The first-order valence-corrected chi connectivity index (χ1v) is 23.1. The summed E-state index contributed by atoms with van der Waals surface area (Å²) in [6, 6.07) is 4.88. The Morgan fingerprint density at radius 2 is 0.950 bits per heavy atom. The average Bonchev–Trinajstić information content (AvgIpc) is 4.04. The molecule has 60 heavy (non-hydrogen) atoms. The predicted octanol–water partition coefficient (Wildman–Crippen LogP) is 4.00. The van der Waals surface area contributed by atoms with E-state index in [-0.39, 0.29) is 22.3 Å². The molecule has 0 radical (unpaired) electrons. The van der Waals surface area contributed by atoms with Crippen LogP contribution in [0.25, 0.3) is 0 Å². The number of nitrogens with zero attached hydrogens (tertiary/aromatic N) is 5. The number of aromatic nitrogens is 4. The minimum absolute atomic E-state index is 0.146. The zero-order valence-corrected chi connectivity index (χ0v) is 35.6. The first-order chi connectivity index (χ1) is 28.5. The van der Waals surface area contributed by atoms with Gasteiger partial charge in [0.2, 0.25) is 0 Å². The van der Waals surface area contributed by atoms with Gasteiger partial charge in [-0.1, -0.05) is 12.1 Å². The topological polar surface area (TPSA) is 244 Å². The van der Waals surface area contributed by atoms with E-state index >= 15 is 0 Å². The Morgan fingerprint density at radius 1 is 0.600 bits per heavy atom. The van der Waals surface area contributed by atoms with E-state index in [2.05, 4.69) is 37.7 Å². The highest BCUT2D eigenvalue weighted by molar-refractivity contribution is 7.90. The molecule has 4 aromatic rings. The molecule has 4 aliphatic rings. The fourth-order valence-corrected chi connectivity index (χ4v) is 10.6. The molecule has 0 bridgehead atoms. The van der Waals surface area contributed by atoms with E-state index in [9.17, 15) is 36.0 Å². The van der Waals surface area contributed by atoms with Crippen molar-refractivity contribution in [2.45, 2.75) is 101 Å². The van der Waals surface area contributed by atoms with Crippen LogP contribution in [0, 0.1) is 0 Å². The van der Waals surface area contributed by atoms with E-state index < -0.39 is 43.1 Å². The molecular formula is C40H49N9O9S2. The van der Waals surface area contributed by atoms with Crippen molar-refractivity contribution < 1.29 is 41.1 Å². The maximum atomic E-state index is 12.8. The molecule has 2 aromatic heterocycles. The van der Waals surface area contributed by atoms with E-state index in [0.717, 1.165) is 121 Å². The van der Waals surface area contributed by atoms with Crippen molar-refractivity contribution in [1.82, 2.24) is 33.9 Å². The standard InChI is InChI=1S/C22H29N5O4S.C18H20N4O5S/c1-4-27(5-2)21(28)18-13-19(24-26(18)3)32(30,31)25-22(29)23-20-16-10-6-8-14(16)12-15-9-7-11-17(15)20;1-22-14(17(23)24)9-15(20-22)28(26,27)21-18(25)19-16-12-6-2-4-10(12)8-11-5-3-7-13(11)16/h12-13H,4-11H2,1-3H3,(H2,23,25,29);8-9H,2-7H2,1H3,(H,23,24)(H2,19,21,25). The summed E-state index contributed by atoms with van der Waals surface area (Å²) in [6.07, 6.45) is 11.4. The van der Waals surface area contributed by atoms with Gasteiger partial charge in [-0.05, 0) is 135 Å². The SMILES string of the molecule is CCN(CC)C(=O)c1cc(S(=O)(=O)NC(=O)Nc2c3c(cc4c2CCC4)CCC3)nn1C.Cn1nc(S(=O)(=O)NC(=O)Nc2c3c(cc4c2CCC4)CCC3)cc1C(=O)O. The lowest BCUT2D eigenvalue weighted by molar-refractivity contribution is 0.0683. The van der Waals surface area contributed by atoms with Gasteiger partial charge in [0.05, 0.1) is 0 Å². The number of benzene rings is 2. The molecule has 5 N–H and O–H groups in total. The number of nitrogens with one attached hydrogen (secondary N) is 4. The lowest BCUT2D eigenvalue weighted by Crippen LogP contribution is -2.35. The van der Waals surface area contributed by atoms with Crippen LogP contribution in [0.4, 0.5) is 21.0 Å². The van der Waals surface area contributed by atoms with Crippen LogP contribution in [0.2, 0.25) is 0 Å². The van der Waals surface area contributed by atoms with Crippen LogP contribution >= 0.6 is 0 Å². The summed E-state index contributed by atoms with van der Waals surface area (Å²) in [5, 5.41) is 21.4. The summed E-state index contributed by atoms with van der Waals surface area (Å²) >= 11 is 0. The molecular weight excluding hydrogens is 815 g/mol. The number of sulfonamides is 2. The van der Waals surface area contributed by atoms with Crippen molar-refractivity contribution in [3.63, 3.8) is 0 Å². The van der Waals surface area contributed by atoms with Crippen LogP contribution in [0.5, 0.6) is 0 Å². The van der Waals surface area contributed by atoms with E-state index in [1.54, 1.807) is 4.90 Å². The quantitative estimate of drug-likeness (QED) is 0.153. The summed E-state index contributed by atoms with van der Waals surface area (Å²) < 4.78 is 56.7. The largest absolute Gasteiger partial charge is 0.477 e. The summed E-state index contributed by atoms with van der Waals surface area (Å²) in [5.74, 6) is -1.62. The van der Waals surface area contributed by atoms with Crippen molar-refractivity contribution in [2.24, 2.45) is 14.1 Å². The van der Waals surface area contributed by atoms with Crippen LogP contribution in [-0.2, 0) is 85.5 Å². The number of rotatable bonds is 10. The second kappa shape index (κ2) is 16.7. The van der Waals surface area contributed by atoms with Gasteiger partial charge >= 0.3 is 18.0 Å². The zero-order valence-electron chi connectivity index (χ0n) is 34.0. The minimum Gasteiger partial charge on any atom is -0.477 e. The molecule has 0 saturated heterocycles. The second-order valence-corrected chi connectivity index (χ2v) is 18.6. The molecule has 0 aliphatic heterocycles. The average molecular weight is 864 g/mol. The Hall–Kier alpha value is -5.76. The third-order valence-corrected chi connectivity index (χ3v) is 14.0. The van der Waals surface area contributed by atoms with Crippen molar-refractivity contribution in [3.8, 4) is 0 Å². The first kappa shape index (κ1) is 42.4. The van der Waals surface area contributed by atoms with Gasteiger partial charge in [-0.15, -0.1) is 0 Å². The summed E-state index contributed by atoms with van der Waals surface area (Å²) in [4.78, 5) is 50.5. The Bertz CT molecular complexity index is 2580. The summed E-state index contributed by atoms with van der Waals surface area (Å²) in [5.41, 5.74) is 10.7. The number of carboxylic acid groups (broad SMARTS) is 1. The maximum Gasteiger partial charge on any atom is 0.354 e. The lowest BCUT2D eigenvalue weighted by atomic mass is 9.99. The van der Waals surface area contributed by atoms with Gasteiger partial charge in [0, 0.05) is 50.7 Å². The number of carboxylic acids is 1. The van der Waals surface area contributed by atoms with Gasteiger partial charge < -0.3 is 20.6 Å². The number of anilines is 2. The maximum absolute atomic E-state index is 12.8. The van der Waals surface area contributed by atoms with Crippen LogP contribution in [-0.4, -0.2) is 83.4 Å². The molecule has 5 amide bonds. The number of hydrogen-bond acceptors (Lipinski definition) is 10. The number of carbonyl (C=O) groups is 4. The van der Waals surface area contributed by atoms with Crippen molar-refractivity contribution >= 4 is 55.4 Å². The Morgan fingerprint density at radius 3 is 1.28 bits per heavy atom. The number of hydrogen-bond donors (Lipinski definition) is 5. The van der Waals surface area contributed by atoms with Gasteiger partial charge in [0.25, 0.3) is 26.0 Å². The molecule has 0 saturated carbocycles. The van der Waals surface area contributed by atoms with Crippen molar-refractivity contribution in [1.29, 1.82) is 0 Å². The third-order valence-electron chi connectivity index (χ3n) is 11.6. The second-order valence-electron chi connectivity index (χ2n) is 15.4. The Labute approximate surface area is 348 Å². The molecule has 18 nitrogen and oxygen atoms in total. The Kier molecular flexibility index (Phi) is 11.8. The number of aromatic carboxylic acids is 1. The predicted molar refractivity (Wildman–Crippen MR) is 220 cm³/mol. The highest BCUT2D eigenvalue weighted by Crippen LogP contribution is 2.40. The van der Waals surface area contributed by atoms with E-state index in [1.807, 2.05) is 18.6 Å². The highest BCUT2D eigenvalue weighted by Gasteiger charge is 2.31. The molecule has 0 fully saturated rings. The molecule has 2 heterocycles. The van der Waals surface area contributed by atoms with Crippen LogP contribution in [0.3, 0.4) is 0 Å². The molecule has 2 aromatic carbocycles. The van der Waals surface area contributed by atoms with Gasteiger partial charge in [0.15, 0.2) is 10.1 Å². The van der Waals surface area contributed by atoms with Crippen LogP contribution in [0.15, 0.2) is 34.3 Å².